The summed E-state index contributed by atoms with van der Waals surface area (Å²) in [6, 6.07) is 7.09. The molecule has 0 aliphatic heterocycles. The largest absolute Gasteiger partial charge is 0.381 e. The summed E-state index contributed by atoms with van der Waals surface area (Å²) in [5.41, 5.74) is 1.62. The molecule has 6 nitrogen and oxygen atoms in total. The average molecular weight is 273 g/mol. The third-order valence-electron chi connectivity index (χ3n) is 2.03. The quantitative estimate of drug-likeness (QED) is 0.319. The number of thiocarbonyl (C=S) groups is 1. The number of hydrogen-bond donors (Lipinski definition) is 3. The lowest BCUT2D eigenvalue weighted by Crippen LogP contribution is -2.08. The predicted octanol–water partition coefficient (Wildman–Crippen LogP) is 2.52. The number of ether oxygens (including phenoxy) is 1. The summed E-state index contributed by atoms with van der Waals surface area (Å²) in [6.07, 6.45) is -0.501. The van der Waals surface area contributed by atoms with Crippen molar-refractivity contribution >= 4 is 17.4 Å². The Morgan fingerprint density at radius 3 is 2.28 bits per heavy atom. The zero-order chi connectivity index (χ0) is 13.8. The first-order chi connectivity index (χ1) is 8.73. The molecule has 0 spiro atoms. The van der Waals surface area contributed by atoms with Gasteiger partial charge in [0, 0.05) is 7.11 Å². The van der Waals surface area contributed by atoms with E-state index in [-0.39, 0.29) is 13.2 Å². The zero-order valence-electron chi connectivity index (χ0n) is 9.83. The second-order valence-electron chi connectivity index (χ2n) is 3.17. The number of nitrogens with one attached hydrogen (secondary N) is 1. The maximum absolute atomic E-state index is 8.64. The van der Waals surface area contributed by atoms with E-state index in [2.05, 4.69) is 22.0 Å². The van der Waals surface area contributed by atoms with Gasteiger partial charge in [-0.2, -0.15) is 0 Å². The molecule has 0 bridgehead atoms. The number of methoxy groups -OCH3 is 1. The first-order valence-electron chi connectivity index (χ1n) is 4.91. The van der Waals surface area contributed by atoms with E-state index < -0.39 is 6.10 Å². The van der Waals surface area contributed by atoms with Gasteiger partial charge in [0.1, 0.15) is 12.7 Å². The van der Waals surface area contributed by atoms with Crippen molar-refractivity contribution in [3.05, 3.63) is 35.4 Å². The van der Waals surface area contributed by atoms with Crippen molar-refractivity contribution in [3.63, 3.8) is 0 Å². The number of isothiocyanates is 1. The molecule has 0 aliphatic rings. The zero-order valence-corrected chi connectivity index (χ0v) is 10.6. The van der Waals surface area contributed by atoms with E-state index in [0.29, 0.717) is 0 Å². The van der Waals surface area contributed by atoms with E-state index >= 15 is 0 Å². The average Bonchev–Trinajstić information content (AvgIpc) is 2.38. The summed E-state index contributed by atoms with van der Waals surface area (Å²) in [5, 5.41) is 24.2. The Morgan fingerprint density at radius 1 is 1.33 bits per heavy atom. The lowest BCUT2D eigenvalue weighted by Gasteiger charge is -2.12. The molecule has 100 valence electrons. The lowest BCUT2D eigenvalue weighted by atomic mass is 10.1. The second-order valence-corrected chi connectivity index (χ2v) is 3.37. The van der Waals surface area contributed by atoms with Crippen LogP contribution in [-0.4, -0.2) is 29.4 Å². The highest BCUT2D eigenvalue weighted by Crippen LogP contribution is 2.17. The fourth-order valence-electron chi connectivity index (χ4n) is 1.24. The van der Waals surface area contributed by atoms with E-state index in [1.54, 1.807) is 29.4 Å². The highest BCUT2D eigenvalue weighted by Gasteiger charge is 2.11. The SMILES string of the molecule is COCC(OO)c1ccc(COO)cc1.N=C=S. The standard InChI is InChI=1S/C10H14O5.CHNS/c1-13-7-10(15-12)9-4-2-8(3-5-9)6-14-11;2-1-3/h2-5,10-12H,6-7H2,1H3;2H. The van der Waals surface area contributed by atoms with Crippen LogP contribution < -0.4 is 0 Å². The van der Waals surface area contributed by atoms with Gasteiger partial charge in [-0.1, -0.05) is 24.3 Å². The topological polar surface area (TPSA) is 92.0 Å². The molecule has 0 saturated heterocycles. The smallest absolute Gasteiger partial charge is 0.141 e. The Bertz CT molecular complexity index is 351. The van der Waals surface area contributed by atoms with E-state index in [1.165, 1.54) is 7.11 Å². The first-order valence-corrected chi connectivity index (χ1v) is 5.32. The minimum atomic E-state index is -0.501. The summed E-state index contributed by atoms with van der Waals surface area (Å²) >= 11 is 3.81. The van der Waals surface area contributed by atoms with Gasteiger partial charge in [0.05, 0.1) is 11.8 Å². The van der Waals surface area contributed by atoms with Crippen LogP contribution in [-0.2, 0) is 21.1 Å². The number of benzene rings is 1. The van der Waals surface area contributed by atoms with Gasteiger partial charge in [0.25, 0.3) is 0 Å². The fourth-order valence-corrected chi connectivity index (χ4v) is 1.24. The van der Waals surface area contributed by atoms with Crippen LogP contribution in [0, 0.1) is 5.41 Å². The molecule has 0 saturated carbocycles. The van der Waals surface area contributed by atoms with Crippen LogP contribution in [0.3, 0.4) is 0 Å². The molecule has 0 aliphatic carbocycles. The van der Waals surface area contributed by atoms with Gasteiger partial charge in [-0.25, -0.2) is 15.2 Å². The van der Waals surface area contributed by atoms with Gasteiger partial charge in [-0.15, -0.1) is 0 Å². The van der Waals surface area contributed by atoms with E-state index in [4.69, 9.17) is 20.7 Å². The molecule has 0 fully saturated rings. The fraction of sp³-hybridized carbons (Fsp3) is 0.364. The van der Waals surface area contributed by atoms with Gasteiger partial charge in [-0.05, 0) is 23.3 Å². The molecule has 7 heteroatoms. The van der Waals surface area contributed by atoms with E-state index in [9.17, 15) is 0 Å². The van der Waals surface area contributed by atoms with Crippen LogP contribution in [0.1, 0.15) is 17.2 Å². The van der Waals surface area contributed by atoms with Crippen molar-refractivity contribution < 1.29 is 25.0 Å². The van der Waals surface area contributed by atoms with Crippen LogP contribution in [0.4, 0.5) is 0 Å². The van der Waals surface area contributed by atoms with Crippen LogP contribution in [0.2, 0.25) is 0 Å². The highest BCUT2D eigenvalue weighted by molar-refractivity contribution is 7.78. The molecule has 0 aromatic heterocycles. The second kappa shape index (κ2) is 10.9. The lowest BCUT2D eigenvalue weighted by molar-refractivity contribution is -0.289. The Labute approximate surface area is 110 Å². The summed E-state index contributed by atoms with van der Waals surface area (Å²) < 4.78 is 4.88. The highest BCUT2D eigenvalue weighted by atomic mass is 32.1. The summed E-state index contributed by atoms with van der Waals surface area (Å²) in [5.74, 6) is 0. The minimum Gasteiger partial charge on any atom is -0.381 e. The molecule has 1 rings (SSSR count). The van der Waals surface area contributed by atoms with Crippen molar-refractivity contribution in [2.45, 2.75) is 12.7 Å². The van der Waals surface area contributed by atoms with Gasteiger partial charge in [0.2, 0.25) is 0 Å². The molecule has 0 heterocycles. The summed E-state index contributed by atoms with van der Waals surface area (Å²) in [4.78, 5) is 8.27. The first kappa shape index (κ1) is 16.8. The maximum Gasteiger partial charge on any atom is 0.141 e. The molecule has 1 unspecified atom stereocenters. The van der Waals surface area contributed by atoms with Gasteiger partial charge in [0.15, 0.2) is 0 Å². The molecule has 0 radical (unpaired) electrons. The molecular formula is C11H15NO5S. The Hall–Kier alpha value is -1.18. The van der Waals surface area contributed by atoms with Crippen molar-refractivity contribution in [3.8, 4) is 0 Å². The molecule has 1 aromatic rings. The molecule has 3 N–H and O–H groups in total. The monoisotopic (exact) mass is 273 g/mol. The molecule has 18 heavy (non-hydrogen) atoms. The summed E-state index contributed by atoms with van der Waals surface area (Å²) in [6.45, 7) is 0.404. The van der Waals surface area contributed by atoms with Crippen LogP contribution in [0.5, 0.6) is 0 Å². The molecule has 1 atom stereocenters. The van der Waals surface area contributed by atoms with E-state index in [1.807, 2.05) is 0 Å². The van der Waals surface area contributed by atoms with Crippen LogP contribution >= 0.6 is 12.2 Å². The third-order valence-corrected chi connectivity index (χ3v) is 2.03. The predicted molar refractivity (Wildman–Crippen MR) is 67.5 cm³/mol. The van der Waals surface area contributed by atoms with Crippen LogP contribution in [0.25, 0.3) is 0 Å². The van der Waals surface area contributed by atoms with Gasteiger partial charge in [-0.3, -0.25) is 10.5 Å². The van der Waals surface area contributed by atoms with Crippen molar-refractivity contribution in [1.29, 1.82) is 5.41 Å². The van der Waals surface area contributed by atoms with Gasteiger partial charge >= 0.3 is 0 Å². The molecular weight excluding hydrogens is 258 g/mol. The van der Waals surface area contributed by atoms with Crippen molar-refractivity contribution in [1.82, 2.24) is 0 Å². The molecule has 0 amide bonds. The third kappa shape index (κ3) is 6.53. The van der Waals surface area contributed by atoms with Crippen molar-refractivity contribution in [2.75, 3.05) is 13.7 Å². The molecule has 1 aromatic carbocycles. The minimum absolute atomic E-state index is 0.134. The summed E-state index contributed by atoms with van der Waals surface area (Å²) in [7, 11) is 1.53. The Morgan fingerprint density at radius 2 is 1.89 bits per heavy atom. The number of rotatable bonds is 6. The number of hydrogen-bond acceptors (Lipinski definition) is 7. The van der Waals surface area contributed by atoms with Crippen molar-refractivity contribution in [2.24, 2.45) is 0 Å². The normalized spacial score (nSPS) is 11.1. The van der Waals surface area contributed by atoms with E-state index in [0.717, 1.165) is 11.1 Å². The Kier molecular flexibility index (Phi) is 10.2. The van der Waals surface area contributed by atoms with Gasteiger partial charge < -0.3 is 4.74 Å². The maximum atomic E-state index is 8.64. The van der Waals surface area contributed by atoms with Crippen LogP contribution in [0.15, 0.2) is 24.3 Å². The Balaban J connectivity index is 0.000000873.